The SMILES string of the molecule is CC(NC(=O)NCCCC(=O)N1CCc2ccccc2C1)c1nnnn1-c1ccccc1. The Morgan fingerprint density at radius 2 is 1.81 bits per heavy atom. The maximum Gasteiger partial charge on any atom is 0.315 e. The molecule has 0 saturated carbocycles. The molecule has 9 nitrogen and oxygen atoms in total. The van der Waals surface area contributed by atoms with Gasteiger partial charge in [0.05, 0.1) is 11.7 Å². The molecule has 1 unspecified atom stereocenters. The summed E-state index contributed by atoms with van der Waals surface area (Å²) in [6, 6.07) is 17.0. The van der Waals surface area contributed by atoms with E-state index in [-0.39, 0.29) is 18.0 Å². The molecule has 2 heterocycles. The number of carbonyl (C=O) groups is 2. The molecule has 3 aromatic rings. The minimum Gasteiger partial charge on any atom is -0.338 e. The number of rotatable bonds is 7. The number of nitrogens with zero attached hydrogens (tertiary/aromatic N) is 5. The van der Waals surface area contributed by atoms with E-state index < -0.39 is 0 Å². The number of hydrogen-bond donors (Lipinski definition) is 2. The lowest BCUT2D eigenvalue weighted by atomic mass is 9.99. The van der Waals surface area contributed by atoms with E-state index in [0.29, 0.717) is 31.8 Å². The monoisotopic (exact) mass is 433 g/mol. The third-order valence-corrected chi connectivity index (χ3v) is 5.57. The van der Waals surface area contributed by atoms with Crippen molar-refractivity contribution in [2.24, 2.45) is 0 Å². The summed E-state index contributed by atoms with van der Waals surface area (Å²) in [5, 5.41) is 17.4. The Labute approximate surface area is 186 Å². The van der Waals surface area contributed by atoms with E-state index in [9.17, 15) is 9.59 Å². The van der Waals surface area contributed by atoms with Gasteiger partial charge in [0, 0.05) is 26.1 Å². The van der Waals surface area contributed by atoms with E-state index in [1.807, 2.05) is 54.3 Å². The summed E-state index contributed by atoms with van der Waals surface area (Å²) in [6.45, 7) is 3.65. The molecule has 2 N–H and O–H groups in total. The van der Waals surface area contributed by atoms with Crippen LogP contribution in [0.25, 0.3) is 5.69 Å². The molecule has 3 amide bonds. The van der Waals surface area contributed by atoms with E-state index in [0.717, 1.165) is 18.7 Å². The summed E-state index contributed by atoms with van der Waals surface area (Å²) in [7, 11) is 0. The van der Waals surface area contributed by atoms with Gasteiger partial charge in [0.1, 0.15) is 0 Å². The zero-order valence-corrected chi connectivity index (χ0v) is 18.1. The molecule has 0 fully saturated rings. The molecule has 0 aliphatic carbocycles. The van der Waals surface area contributed by atoms with Gasteiger partial charge in [0.25, 0.3) is 0 Å². The highest BCUT2D eigenvalue weighted by atomic mass is 16.2. The largest absolute Gasteiger partial charge is 0.338 e. The number of para-hydroxylation sites is 1. The molecule has 0 saturated heterocycles. The van der Waals surface area contributed by atoms with Gasteiger partial charge in [-0.05, 0) is 53.5 Å². The molecule has 0 spiro atoms. The summed E-state index contributed by atoms with van der Waals surface area (Å²) < 4.78 is 1.60. The van der Waals surface area contributed by atoms with Crippen LogP contribution in [0.15, 0.2) is 54.6 Å². The molecule has 1 atom stereocenters. The summed E-state index contributed by atoms with van der Waals surface area (Å²) >= 11 is 0. The van der Waals surface area contributed by atoms with Crippen molar-refractivity contribution in [3.8, 4) is 5.69 Å². The number of tetrazole rings is 1. The number of amides is 3. The van der Waals surface area contributed by atoms with Gasteiger partial charge in [-0.3, -0.25) is 4.79 Å². The Balaban J connectivity index is 1.20. The molecule has 0 radical (unpaired) electrons. The van der Waals surface area contributed by atoms with Crippen LogP contribution in [-0.2, 0) is 17.8 Å². The van der Waals surface area contributed by atoms with Crippen molar-refractivity contribution in [2.75, 3.05) is 13.1 Å². The van der Waals surface area contributed by atoms with Crippen LogP contribution in [0, 0.1) is 0 Å². The predicted molar refractivity (Wildman–Crippen MR) is 119 cm³/mol. The number of carbonyl (C=O) groups excluding carboxylic acids is 2. The van der Waals surface area contributed by atoms with Gasteiger partial charge < -0.3 is 15.5 Å². The maximum atomic E-state index is 12.5. The second kappa shape index (κ2) is 10.0. The molecular formula is C23H27N7O2. The van der Waals surface area contributed by atoms with E-state index in [1.54, 1.807) is 4.68 Å². The van der Waals surface area contributed by atoms with Crippen LogP contribution < -0.4 is 10.6 Å². The standard InChI is InChI=1S/C23H27N7O2/c1-17(22-26-27-28-30(22)20-10-3-2-4-11-20)25-23(32)24-14-7-12-21(31)29-15-13-18-8-5-6-9-19(18)16-29/h2-6,8-11,17H,7,12-16H2,1H3,(H2,24,25,32). The Bertz CT molecular complexity index is 1070. The van der Waals surface area contributed by atoms with Crippen molar-refractivity contribution in [3.63, 3.8) is 0 Å². The van der Waals surface area contributed by atoms with Crippen LogP contribution >= 0.6 is 0 Å². The fourth-order valence-corrected chi connectivity index (χ4v) is 3.84. The van der Waals surface area contributed by atoms with Crippen molar-refractivity contribution < 1.29 is 9.59 Å². The van der Waals surface area contributed by atoms with Crippen LogP contribution in [-0.4, -0.2) is 50.1 Å². The predicted octanol–water partition coefficient (Wildman–Crippen LogP) is 2.39. The average molecular weight is 434 g/mol. The Hall–Kier alpha value is -3.75. The minimum atomic E-state index is -0.389. The molecular weight excluding hydrogens is 406 g/mol. The Kier molecular flexibility index (Phi) is 6.74. The van der Waals surface area contributed by atoms with Crippen LogP contribution in [0.4, 0.5) is 4.79 Å². The third-order valence-electron chi connectivity index (χ3n) is 5.57. The number of urea groups is 1. The lowest BCUT2D eigenvalue weighted by molar-refractivity contribution is -0.132. The first-order chi connectivity index (χ1) is 15.6. The fourth-order valence-electron chi connectivity index (χ4n) is 3.84. The fraction of sp³-hybridized carbons (Fsp3) is 0.348. The average Bonchev–Trinajstić information content (AvgIpc) is 3.32. The first-order valence-corrected chi connectivity index (χ1v) is 10.8. The van der Waals surface area contributed by atoms with Gasteiger partial charge >= 0.3 is 6.03 Å². The smallest absolute Gasteiger partial charge is 0.315 e. The lowest BCUT2D eigenvalue weighted by Crippen LogP contribution is -2.39. The van der Waals surface area contributed by atoms with Gasteiger partial charge in [0.15, 0.2) is 5.82 Å². The number of hydrogen-bond acceptors (Lipinski definition) is 5. The summed E-state index contributed by atoms with van der Waals surface area (Å²) in [5.41, 5.74) is 3.36. The summed E-state index contributed by atoms with van der Waals surface area (Å²) in [4.78, 5) is 26.7. The van der Waals surface area contributed by atoms with E-state index >= 15 is 0 Å². The summed E-state index contributed by atoms with van der Waals surface area (Å²) in [6.07, 6.45) is 1.88. The number of nitrogens with one attached hydrogen (secondary N) is 2. The molecule has 1 aromatic heterocycles. The van der Waals surface area contributed by atoms with Gasteiger partial charge in [-0.15, -0.1) is 5.10 Å². The van der Waals surface area contributed by atoms with Crippen molar-refractivity contribution in [1.29, 1.82) is 0 Å². The highest BCUT2D eigenvalue weighted by Crippen LogP contribution is 2.19. The van der Waals surface area contributed by atoms with Crippen molar-refractivity contribution in [1.82, 2.24) is 35.7 Å². The van der Waals surface area contributed by atoms with Gasteiger partial charge in [-0.2, -0.15) is 4.68 Å². The number of fused-ring (bicyclic) bond motifs is 1. The zero-order valence-electron chi connectivity index (χ0n) is 18.1. The van der Waals surface area contributed by atoms with E-state index in [2.05, 4.69) is 38.3 Å². The molecule has 1 aliphatic rings. The highest BCUT2D eigenvalue weighted by molar-refractivity contribution is 5.77. The van der Waals surface area contributed by atoms with Crippen LogP contribution in [0.2, 0.25) is 0 Å². The second-order valence-electron chi connectivity index (χ2n) is 7.84. The molecule has 4 rings (SSSR count). The van der Waals surface area contributed by atoms with Crippen molar-refractivity contribution in [3.05, 3.63) is 71.5 Å². The Morgan fingerprint density at radius 1 is 1.06 bits per heavy atom. The highest BCUT2D eigenvalue weighted by Gasteiger charge is 2.20. The molecule has 166 valence electrons. The van der Waals surface area contributed by atoms with Gasteiger partial charge in [-0.25, -0.2) is 4.79 Å². The molecule has 1 aliphatic heterocycles. The Morgan fingerprint density at radius 3 is 2.62 bits per heavy atom. The number of aromatic nitrogens is 4. The zero-order chi connectivity index (χ0) is 22.3. The normalized spacial score (nSPS) is 13.8. The van der Waals surface area contributed by atoms with Crippen LogP contribution in [0.3, 0.4) is 0 Å². The third kappa shape index (κ3) is 5.11. The van der Waals surface area contributed by atoms with Crippen LogP contribution in [0.1, 0.15) is 42.8 Å². The topological polar surface area (TPSA) is 105 Å². The molecule has 32 heavy (non-hydrogen) atoms. The quantitative estimate of drug-likeness (QED) is 0.557. The maximum absolute atomic E-state index is 12.5. The van der Waals surface area contributed by atoms with E-state index in [4.69, 9.17) is 0 Å². The van der Waals surface area contributed by atoms with Crippen LogP contribution in [0.5, 0.6) is 0 Å². The van der Waals surface area contributed by atoms with Crippen molar-refractivity contribution in [2.45, 2.75) is 38.8 Å². The van der Waals surface area contributed by atoms with E-state index in [1.165, 1.54) is 11.1 Å². The number of benzene rings is 2. The summed E-state index contributed by atoms with van der Waals surface area (Å²) in [5.74, 6) is 0.657. The molecule has 2 aromatic carbocycles. The van der Waals surface area contributed by atoms with Gasteiger partial charge in [0.2, 0.25) is 5.91 Å². The second-order valence-corrected chi connectivity index (χ2v) is 7.84. The minimum absolute atomic E-state index is 0.122. The first-order valence-electron chi connectivity index (χ1n) is 10.8. The molecule has 9 heteroatoms. The lowest BCUT2D eigenvalue weighted by Gasteiger charge is -2.29. The van der Waals surface area contributed by atoms with Crippen molar-refractivity contribution >= 4 is 11.9 Å². The molecule has 0 bridgehead atoms. The first kappa shape index (κ1) is 21.5. The van der Waals surface area contributed by atoms with Gasteiger partial charge in [-0.1, -0.05) is 42.5 Å².